The Labute approximate surface area is 553 Å². The molecule has 2 fully saturated rings. The molecule has 0 unspecified atom stereocenters. The van der Waals surface area contributed by atoms with E-state index in [2.05, 4.69) is 43.9 Å². The van der Waals surface area contributed by atoms with Crippen LogP contribution in [-0.4, -0.2) is 173 Å². The molecule has 2 aliphatic heterocycles. The normalized spacial score (nSPS) is 17.2. The summed E-state index contributed by atoms with van der Waals surface area (Å²) >= 11 is 12.9. The van der Waals surface area contributed by atoms with Crippen molar-refractivity contribution in [3.63, 3.8) is 0 Å². The van der Waals surface area contributed by atoms with Crippen LogP contribution in [0, 0.1) is 40.0 Å². The lowest BCUT2D eigenvalue weighted by molar-refractivity contribution is -0.130. The number of anilines is 3. The number of piperazine rings is 1. The maximum absolute atomic E-state index is 16.5. The van der Waals surface area contributed by atoms with E-state index in [-0.39, 0.29) is 145 Å². The molecule has 6 aromatic rings. The lowest BCUT2D eigenvalue weighted by Crippen LogP contribution is -2.48. The first-order chi connectivity index (χ1) is 45.0. The fourth-order valence-electron chi connectivity index (χ4n) is 11.6. The van der Waals surface area contributed by atoms with Crippen LogP contribution in [0.25, 0.3) is 22.0 Å². The number of hydrogen-bond donors (Lipinski definition) is 5. The Bertz CT molecular complexity index is 3740. The van der Waals surface area contributed by atoms with Crippen LogP contribution in [-0.2, 0) is 45.2 Å². The zero-order valence-electron chi connectivity index (χ0n) is 53.3. The summed E-state index contributed by atoms with van der Waals surface area (Å²) in [5.41, 5.74) is -2.08. The molecule has 5 N–H and O–H groups in total. The third kappa shape index (κ3) is 17.0. The predicted molar refractivity (Wildman–Crippen MR) is 351 cm³/mol. The number of methoxy groups -OCH3 is 1. The number of phenolic OH excluding ortho intramolecular Hbond substituents is 1. The third-order valence-electron chi connectivity index (χ3n) is 16.4. The van der Waals surface area contributed by atoms with Crippen molar-refractivity contribution in [2.75, 3.05) is 128 Å². The van der Waals surface area contributed by atoms with Gasteiger partial charge in [0, 0.05) is 93.3 Å². The summed E-state index contributed by atoms with van der Waals surface area (Å²) in [5, 5.41) is 33.6. The molecular formula is C68H78Cl2F4N10O10. The van der Waals surface area contributed by atoms with E-state index >= 15 is 17.6 Å². The van der Waals surface area contributed by atoms with Gasteiger partial charge < -0.3 is 64.8 Å². The molecule has 0 saturated carbocycles. The van der Waals surface area contributed by atoms with Crippen LogP contribution in [0.2, 0.25) is 10.0 Å². The Morgan fingerprint density at radius 3 is 2.16 bits per heavy atom. The fraction of sp³-hybridized carbons (Fsp3) is 0.426. The highest BCUT2D eigenvalue weighted by atomic mass is 35.5. The molecule has 2 aliphatic rings. The molecule has 94 heavy (non-hydrogen) atoms. The summed E-state index contributed by atoms with van der Waals surface area (Å²) in [6.45, 7) is 15.3. The number of hydrogen-bond acceptors (Lipinski definition) is 16. The van der Waals surface area contributed by atoms with Crippen molar-refractivity contribution in [3.8, 4) is 28.7 Å². The molecule has 4 atom stereocenters. The van der Waals surface area contributed by atoms with E-state index in [0.29, 0.717) is 57.0 Å². The van der Waals surface area contributed by atoms with Gasteiger partial charge in [0.05, 0.1) is 93.4 Å². The van der Waals surface area contributed by atoms with Gasteiger partial charge in [-0.1, -0.05) is 87.8 Å². The van der Waals surface area contributed by atoms with Gasteiger partial charge in [-0.15, -0.1) is 0 Å². The van der Waals surface area contributed by atoms with Crippen molar-refractivity contribution in [1.82, 2.24) is 30.4 Å². The molecule has 5 aromatic carbocycles. The van der Waals surface area contributed by atoms with Crippen molar-refractivity contribution in [1.29, 1.82) is 5.26 Å². The van der Waals surface area contributed by atoms with E-state index in [1.807, 2.05) is 32.6 Å². The maximum atomic E-state index is 16.5. The number of benzene rings is 5. The summed E-state index contributed by atoms with van der Waals surface area (Å²) in [7, 11) is 3.01. The zero-order valence-corrected chi connectivity index (χ0v) is 54.8. The monoisotopic (exact) mass is 1340 g/mol. The lowest BCUT2D eigenvalue weighted by atomic mass is 9.62. The summed E-state index contributed by atoms with van der Waals surface area (Å²) in [5.74, 6) is -6.22. The largest absolute Gasteiger partial charge is 0.507 e. The molecule has 8 rings (SSSR count). The molecule has 0 aliphatic carbocycles. The number of likely N-dealkylation sites (N-methyl/N-ethyl adjacent to an activating group) is 1. The minimum atomic E-state index is -1.78. The summed E-state index contributed by atoms with van der Waals surface area (Å²) in [6.07, 6.45) is 2.10. The number of amides is 4. The van der Waals surface area contributed by atoms with Crippen LogP contribution in [0.1, 0.15) is 73.5 Å². The number of fused-ring (bicyclic) bond motifs is 1. The molecule has 502 valence electrons. The highest BCUT2D eigenvalue weighted by Crippen LogP contribution is 2.53. The number of nitrogens with zero attached hydrogens (tertiary/aromatic N) is 6. The smallest absolute Gasteiger partial charge is 0.251 e. The molecule has 0 bridgehead atoms. The van der Waals surface area contributed by atoms with Gasteiger partial charge in [-0.05, 0) is 84.0 Å². The number of halogens is 6. The Kier molecular flexibility index (Phi) is 25.0. The Hall–Kier alpha value is -8.15. The van der Waals surface area contributed by atoms with Crippen molar-refractivity contribution in [2.45, 2.75) is 70.4 Å². The first-order valence-corrected chi connectivity index (χ1v) is 31.6. The van der Waals surface area contributed by atoms with Crippen molar-refractivity contribution in [2.24, 2.45) is 5.41 Å². The Morgan fingerprint density at radius 1 is 0.840 bits per heavy atom. The van der Waals surface area contributed by atoms with E-state index in [1.54, 1.807) is 24.1 Å². The first kappa shape index (κ1) is 71.7. The van der Waals surface area contributed by atoms with Gasteiger partial charge in [0.1, 0.15) is 45.7 Å². The summed E-state index contributed by atoms with van der Waals surface area (Å²) in [6, 6.07) is 18.7. The third-order valence-corrected chi connectivity index (χ3v) is 17.0. The number of nitrogens with one attached hydrogen (secondary N) is 4. The number of rotatable bonds is 30. The number of ether oxygens (including phenoxy) is 5. The van der Waals surface area contributed by atoms with Crippen molar-refractivity contribution >= 4 is 75.2 Å². The van der Waals surface area contributed by atoms with Gasteiger partial charge in [-0.2, -0.15) is 10.2 Å². The number of carbonyl (C=O) groups excluding carboxylic acids is 4. The standard InChI is InChI=1S/C68H78Cl2F4N10O10/c1-8-41-16-18-45(49(72)36-41)68(40-75)53(39-67(3,4)5)79-62(58(68)43-12-10-13-46(69)59(43)73)65(89)78-50-19-17-42(37-52(50)90-7)64(88)76-22-28-91-30-32-93-34-35-94-33-31-92-29-27-82(6)55(87)20-21-77-66-80-61-44(63(81-66)84-25-23-83(24-26-84)54(86)9-2)38-47(70)56(60(61)74)57-48(71)14-11-15-51(57)85/h9-19,36-38,53,58,62,79,85H,2,8,20-35,39H2,1,3-7H3,(H,76,88)(H,78,89)(H,77,80,81)/t53-,58-,62+,68-/m0/s1. The highest BCUT2D eigenvalue weighted by Gasteiger charge is 2.61. The average molecular weight is 1340 g/mol. The van der Waals surface area contributed by atoms with Crippen LogP contribution in [0.4, 0.5) is 35.0 Å². The molecule has 3 heterocycles. The number of aryl methyl sites for hydroxylation is 1. The van der Waals surface area contributed by atoms with Crippen LogP contribution >= 0.6 is 23.2 Å². The van der Waals surface area contributed by atoms with Crippen LogP contribution < -0.4 is 30.9 Å². The Balaban J connectivity index is 0.728. The van der Waals surface area contributed by atoms with Gasteiger partial charge in [-0.3, -0.25) is 19.2 Å². The molecule has 20 nitrogen and oxygen atoms in total. The number of carbonyl (C=O) groups is 4. The minimum absolute atomic E-state index is 0.0100. The van der Waals surface area contributed by atoms with Crippen LogP contribution in [0.5, 0.6) is 11.5 Å². The molecule has 2 saturated heterocycles. The SMILES string of the molecule is C=CC(=O)N1CCN(c2nc(NCCC(=O)N(C)CCOCCOCCOCCOCCNC(=O)c3ccc(NC(=O)[C@@H]4N[C@@H](CC(C)(C)C)[C@](C#N)(c5ccc(CC)cc5F)[C@H]4c4cccc(Cl)c4F)c(OC)c3)nc3c(F)c(-c4c(O)cccc4F)c(Cl)cc23)CC1. The topological polar surface area (TPSA) is 242 Å². The van der Waals surface area contributed by atoms with E-state index in [0.717, 1.165) is 6.07 Å². The number of phenols is 1. The molecule has 0 radical (unpaired) electrons. The average Bonchev–Trinajstić information content (AvgIpc) is 1.50. The van der Waals surface area contributed by atoms with E-state index < -0.39 is 75.2 Å². The molecule has 1 aromatic heterocycles. The molecular weight excluding hydrogens is 1260 g/mol. The predicted octanol–water partition coefficient (Wildman–Crippen LogP) is 9.99. The van der Waals surface area contributed by atoms with Gasteiger partial charge in [0.15, 0.2) is 5.82 Å². The fourth-order valence-corrected chi connectivity index (χ4v) is 12.1. The van der Waals surface area contributed by atoms with Crippen LogP contribution in [0.3, 0.4) is 0 Å². The van der Waals surface area contributed by atoms with Gasteiger partial charge in [0.2, 0.25) is 23.7 Å². The van der Waals surface area contributed by atoms with E-state index in [9.17, 15) is 29.5 Å². The quantitative estimate of drug-likeness (QED) is 0.0160. The summed E-state index contributed by atoms with van der Waals surface area (Å²) < 4.78 is 92.3. The molecule has 4 amide bonds. The lowest BCUT2D eigenvalue weighted by Gasteiger charge is -2.37. The van der Waals surface area contributed by atoms with Crippen LogP contribution in [0.15, 0.2) is 91.5 Å². The number of aromatic nitrogens is 2. The number of aromatic hydroxyl groups is 1. The second-order valence-corrected chi connectivity index (χ2v) is 24.6. The summed E-state index contributed by atoms with van der Waals surface area (Å²) in [4.78, 5) is 67.3. The zero-order chi connectivity index (χ0) is 67.9. The van der Waals surface area contributed by atoms with Crippen molar-refractivity contribution in [3.05, 3.63) is 147 Å². The minimum Gasteiger partial charge on any atom is -0.507 e. The van der Waals surface area contributed by atoms with E-state index in [1.165, 1.54) is 78.7 Å². The second kappa shape index (κ2) is 32.8. The second-order valence-electron chi connectivity index (χ2n) is 23.8. The van der Waals surface area contributed by atoms with E-state index in [4.69, 9.17) is 46.9 Å². The molecule has 26 heteroatoms. The van der Waals surface area contributed by atoms with Crippen molar-refractivity contribution < 1.29 is 65.5 Å². The Morgan fingerprint density at radius 2 is 1.52 bits per heavy atom. The maximum Gasteiger partial charge on any atom is 0.251 e. The van der Waals surface area contributed by atoms with Gasteiger partial charge in [0.25, 0.3) is 5.91 Å². The first-order valence-electron chi connectivity index (χ1n) is 30.8. The molecule has 0 spiro atoms. The number of nitriles is 1. The highest BCUT2D eigenvalue weighted by molar-refractivity contribution is 6.34. The van der Waals surface area contributed by atoms with Gasteiger partial charge in [-0.25, -0.2) is 22.5 Å². The van der Waals surface area contributed by atoms with Gasteiger partial charge >= 0.3 is 0 Å².